The number of nitrogens with zero attached hydrogens (tertiary/aromatic N) is 1. The summed E-state index contributed by atoms with van der Waals surface area (Å²) in [5.41, 5.74) is 4.08. The van der Waals surface area contributed by atoms with Crippen LogP contribution in [0.5, 0.6) is 11.5 Å². The van der Waals surface area contributed by atoms with E-state index in [4.69, 9.17) is 13.9 Å². The Hall–Kier alpha value is -4.32. The van der Waals surface area contributed by atoms with Crippen LogP contribution in [0, 0.1) is 13.8 Å². The van der Waals surface area contributed by atoms with Crippen LogP contribution in [0.2, 0.25) is 0 Å². The molecule has 0 fully saturated rings. The normalized spacial score (nSPS) is 14.6. The molecular weight excluding hydrogens is 466 g/mol. The number of fused-ring (bicyclic) bond motifs is 2. The van der Waals surface area contributed by atoms with E-state index in [0.29, 0.717) is 47.8 Å². The monoisotopic (exact) mass is 495 g/mol. The molecule has 1 aliphatic rings. The largest absolute Gasteiger partial charge is 0.490 e. The van der Waals surface area contributed by atoms with Gasteiger partial charge in [0.25, 0.3) is 5.91 Å². The van der Waals surface area contributed by atoms with Crippen LogP contribution in [-0.4, -0.2) is 24.0 Å². The molecule has 1 atom stereocenters. The lowest BCUT2D eigenvalue weighted by Gasteiger charge is -2.26. The van der Waals surface area contributed by atoms with Crippen molar-refractivity contribution in [3.63, 3.8) is 0 Å². The molecule has 0 N–H and O–H groups in total. The summed E-state index contributed by atoms with van der Waals surface area (Å²) in [6, 6.07) is 18.4. The van der Waals surface area contributed by atoms with Crippen molar-refractivity contribution in [3.8, 4) is 11.5 Å². The molecule has 4 aromatic rings. The molecule has 37 heavy (non-hydrogen) atoms. The van der Waals surface area contributed by atoms with Crippen molar-refractivity contribution in [1.29, 1.82) is 0 Å². The Labute approximate surface area is 215 Å². The number of hydrogen-bond donors (Lipinski definition) is 0. The number of carbonyl (C=O) groups is 1. The van der Waals surface area contributed by atoms with Crippen LogP contribution in [0.3, 0.4) is 0 Å². The second-order valence-electron chi connectivity index (χ2n) is 9.19. The summed E-state index contributed by atoms with van der Waals surface area (Å²) in [4.78, 5) is 29.5. The zero-order chi connectivity index (χ0) is 26.1. The van der Waals surface area contributed by atoms with Gasteiger partial charge in [-0.3, -0.25) is 9.59 Å². The third-order valence-corrected chi connectivity index (χ3v) is 6.53. The first-order chi connectivity index (χ1) is 17.9. The lowest BCUT2D eigenvalue weighted by molar-refractivity contribution is 0.0714. The quantitative estimate of drug-likeness (QED) is 0.276. The van der Waals surface area contributed by atoms with E-state index in [1.807, 2.05) is 81.4 Å². The number of carbonyl (C=O) groups excluding carboxylic acids is 1. The van der Waals surface area contributed by atoms with Gasteiger partial charge in [-0.2, -0.15) is 0 Å². The number of amides is 1. The van der Waals surface area contributed by atoms with Gasteiger partial charge in [-0.15, -0.1) is 0 Å². The Kier molecular flexibility index (Phi) is 6.57. The topological polar surface area (TPSA) is 69.0 Å². The van der Waals surface area contributed by atoms with Crippen molar-refractivity contribution < 1.29 is 18.7 Å². The lowest BCUT2D eigenvalue weighted by Crippen LogP contribution is -2.29. The van der Waals surface area contributed by atoms with Crippen LogP contribution < -0.4 is 14.9 Å². The fourth-order valence-electron chi connectivity index (χ4n) is 5.00. The summed E-state index contributed by atoms with van der Waals surface area (Å²) >= 11 is 0. The van der Waals surface area contributed by atoms with Crippen molar-refractivity contribution in [2.75, 3.05) is 13.2 Å². The second-order valence-corrected chi connectivity index (χ2v) is 9.19. The summed E-state index contributed by atoms with van der Waals surface area (Å²) in [5, 5.41) is 0.478. The van der Waals surface area contributed by atoms with E-state index in [1.165, 1.54) is 0 Å². The maximum absolute atomic E-state index is 14.0. The highest BCUT2D eigenvalue weighted by molar-refractivity contribution is 5.99. The zero-order valence-electron chi connectivity index (χ0n) is 21.2. The van der Waals surface area contributed by atoms with E-state index >= 15 is 0 Å². The van der Waals surface area contributed by atoms with Crippen LogP contribution in [0.4, 0.5) is 0 Å². The molecule has 0 saturated carbocycles. The Morgan fingerprint density at radius 2 is 1.78 bits per heavy atom. The van der Waals surface area contributed by atoms with Crippen LogP contribution in [-0.2, 0) is 6.54 Å². The molecular formula is C31H29NO5. The third-order valence-electron chi connectivity index (χ3n) is 6.53. The molecule has 188 valence electrons. The maximum Gasteiger partial charge on any atom is 0.291 e. The van der Waals surface area contributed by atoms with E-state index in [2.05, 4.69) is 6.58 Å². The zero-order valence-corrected chi connectivity index (χ0v) is 21.2. The average Bonchev–Trinajstić information content (AvgIpc) is 3.16. The maximum atomic E-state index is 14.0. The van der Waals surface area contributed by atoms with Gasteiger partial charge in [0.1, 0.15) is 12.2 Å². The van der Waals surface area contributed by atoms with Gasteiger partial charge in [0.05, 0.1) is 23.6 Å². The van der Waals surface area contributed by atoms with Crippen molar-refractivity contribution >= 4 is 16.9 Å². The van der Waals surface area contributed by atoms with Crippen LogP contribution >= 0.6 is 0 Å². The van der Waals surface area contributed by atoms with E-state index in [1.54, 1.807) is 11.0 Å². The summed E-state index contributed by atoms with van der Waals surface area (Å²) in [5.74, 6) is 0.892. The lowest BCUT2D eigenvalue weighted by atomic mass is 9.96. The van der Waals surface area contributed by atoms with Crippen molar-refractivity contribution in [2.45, 2.75) is 33.4 Å². The second kappa shape index (κ2) is 9.97. The molecule has 1 amide bonds. The molecule has 0 bridgehead atoms. The van der Waals surface area contributed by atoms with Crippen molar-refractivity contribution in [1.82, 2.24) is 4.90 Å². The smallest absolute Gasteiger partial charge is 0.291 e. The highest BCUT2D eigenvalue weighted by Gasteiger charge is 2.43. The highest BCUT2D eigenvalue weighted by Crippen LogP contribution is 2.42. The Bertz CT molecular complexity index is 1550. The van der Waals surface area contributed by atoms with E-state index in [9.17, 15) is 9.59 Å². The molecule has 0 saturated heterocycles. The molecule has 6 heteroatoms. The van der Waals surface area contributed by atoms with E-state index < -0.39 is 6.04 Å². The summed E-state index contributed by atoms with van der Waals surface area (Å²) in [7, 11) is 0. The predicted octanol–water partition coefficient (Wildman–Crippen LogP) is 6.12. The van der Waals surface area contributed by atoms with Crippen LogP contribution in [0.15, 0.2) is 82.5 Å². The van der Waals surface area contributed by atoms with Crippen molar-refractivity contribution in [3.05, 3.63) is 117 Å². The van der Waals surface area contributed by atoms with Gasteiger partial charge in [-0.05, 0) is 61.2 Å². The molecule has 1 unspecified atom stereocenters. The first-order valence-corrected chi connectivity index (χ1v) is 12.4. The molecule has 0 aliphatic carbocycles. The predicted molar refractivity (Wildman–Crippen MR) is 143 cm³/mol. The fourth-order valence-corrected chi connectivity index (χ4v) is 5.00. The van der Waals surface area contributed by atoms with Gasteiger partial charge in [0.2, 0.25) is 5.76 Å². The molecule has 5 rings (SSSR count). The standard InChI is InChI=1S/C31H29NO5/c1-5-14-36-24-13-12-22(17-25(24)35-6-2)27-26-28(33)23-16-19(3)15-20(4)29(23)37-30(26)31(34)32(27)18-21-10-8-7-9-11-21/h5,7-13,15-17,27H,1,6,14,18H2,2-4H3. The number of hydrogen-bond acceptors (Lipinski definition) is 5. The molecule has 6 nitrogen and oxygen atoms in total. The first-order valence-electron chi connectivity index (χ1n) is 12.4. The number of rotatable bonds is 8. The van der Waals surface area contributed by atoms with Crippen LogP contribution in [0.25, 0.3) is 11.0 Å². The van der Waals surface area contributed by atoms with E-state index in [0.717, 1.165) is 22.3 Å². The minimum atomic E-state index is -0.642. The molecule has 3 aromatic carbocycles. The minimum Gasteiger partial charge on any atom is -0.490 e. The summed E-state index contributed by atoms with van der Waals surface area (Å²) in [6.07, 6.45) is 1.66. The third kappa shape index (κ3) is 4.40. The number of aryl methyl sites for hydroxylation is 2. The van der Waals surface area contributed by atoms with Gasteiger partial charge in [0.15, 0.2) is 16.9 Å². The Morgan fingerprint density at radius 3 is 2.51 bits per heavy atom. The van der Waals surface area contributed by atoms with E-state index in [-0.39, 0.29) is 17.1 Å². The molecule has 1 aromatic heterocycles. The molecule has 2 heterocycles. The van der Waals surface area contributed by atoms with Gasteiger partial charge in [-0.25, -0.2) is 0 Å². The van der Waals surface area contributed by atoms with Gasteiger partial charge in [0, 0.05) is 6.54 Å². The Morgan fingerprint density at radius 1 is 1.00 bits per heavy atom. The first kappa shape index (κ1) is 24.4. The highest BCUT2D eigenvalue weighted by atomic mass is 16.5. The number of ether oxygens (including phenoxy) is 2. The molecule has 0 spiro atoms. The van der Waals surface area contributed by atoms with Crippen molar-refractivity contribution in [2.24, 2.45) is 0 Å². The van der Waals surface area contributed by atoms with Crippen LogP contribution in [0.1, 0.15) is 51.3 Å². The minimum absolute atomic E-state index is 0.0929. The Balaban J connectivity index is 1.72. The summed E-state index contributed by atoms with van der Waals surface area (Å²) in [6.45, 7) is 10.5. The van der Waals surface area contributed by atoms with Gasteiger partial charge in [-0.1, -0.05) is 55.1 Å². The number of benzene rings is 3. The average molecular weight is 496 g/mol. The molecule has 0 radical (unpaired) electrons. The van der Waals surface area contributed by atoms with Gasteiger partial charge >= 0.3 is 0 Å². The van der Waals surface area contributed by atoms with Gasteiger partial charge < -0.3 is 18.8 Å². The fraction of sp³-hybridized carbons (Fsp3) is 0.226. The molecule has 1 aliphatic heterocycles. The summed E-state index contributed by atoms with van der Waals surface area (Å²) < 4.78 is 17.8. The SMILES string of the molecule is C=CCOc1ccc(C2c3c(oc4c(C)cc(C)cc4c3=O)C(=O)N2Cc2ccccc2)cc1OCC.